The zero-order valence-corrected chi connectivity index (χ0v) is 28.4. The molecule has 0 saturated carbocycles. The first kappa shape index (κ1) is 24.3. The SMILES string of the molecule is [2H]c1c([2H])c([2H])c2c(-c3c4ccccc4c(-c4ccccc4)c4ccccc34)c([2H])c([2H])c(-c3ccc4oc5cccc(-c6cccc7ccccc67)c5c4c3)c2c1[2H]. The van der Waals surface area contributed by atoms with Gasteiger partial charge < -0.3 is 4.42 Å². The van der Waals surface area contributed by atoms with Crippen LogP contribution in [0.3, 0.4) is 0 Å². The van der Waals surface area contributed by atoms with Crippen LogP contribution in [0.1, 0.15) is 8.22 Å². The fraction of sp³-hybridized carbons (Fsp3) is 0. The molecule has 10 aromatic carbocycles. The highest BCUT2D eigenvalue weighted by Gasteiger charge is 2.20. The molecule has 11 aromatic rings. The van der Waals surface area contributed by atoms with Crippen molar-refractivity contribution in [2.24, 2.45) is 0 Å². The van der Waals surface area contributed by atoms with Gasteiger partial charge in [-0.3, -0.25) is 0 Å². The maximum atomic E-state index is 9.89. The van der Waals surface area contributed by atoms with Gasteiger partial charge in [-0.05, 0) is 106 Å². The summed E-state index contributed by atoms with van der Waals surface area (Å²) in [6.45, 7) is 0. The molecule has 0 spiro atoms. The van der Waals surface area contributed by atoms with Gasteiger partial charge >= 0.3 is 0 Å². The predicted molar refractivity (Wildman–Crippen MR) is 225 cm³/mol. The minimum absolute atomic E-state index is 0.117. The van der Waals surface area contributed by atoms with Gasteiger partial charge in [0.1, 0.15) is 11.2 Å². The van der Waals surface area contributed by atoms with E-state index in [-0.39, 0.29) is 40.5 Å². The van der Waals surface area contributed by atoms with Crippen molar-refractivity contribution in [3.05, 3.63) is 194 Å². The summed E-state index contributed by atoms with van der Waals surface area (Å²) in [5.74, 6) is 0. The average Bonchev–Trinajstić information content (AvgIpc) is 3.66. The highest BCUT2D eigenvalue weighted by Crippen LogP contribution is 2.47. The molecule has 0 fully saturated rings. The fourth-order valence-electron chi connectivity index (χ4n) is 8.32. The van der Waals surface area contributed by atoms with Crippen LogP contribution in [-0.4, -0.2) is 0 Å². The van der Waals surface area contributed by atoms with E-state index >= 15 is 0 Å². The Balaban J connectivity index is 1.25. The van der Waals surface area contributed by atoms with Gasteiger partial charge in [-0.15, -0.1) is 0 Å². The summed E-state index contributed by atoms with van der Waals surface area (Å²) < 4.78 is 62.9. The van der Waals surface area contributed by atoms with Crippen LogP contribution < -0.4 is 0 Å². The van der Waals surface area contributed by atoms with E-state index < -0.39 is 12.1 Å². The molecule has 0 amide bonds. The lowest BCUT2D eigenvalue weighted by Crippen LogP contribution is -1.92. The molecule has 0 N–H and O–H groups in total. The van der Waals surface area contributed by atoms with Crippen molar-refractivity contribution in [2.75, 3.05) is 0 Å². The van der Waals surface area contributed by atoms with Crippen LogP contribution in [0, 0.1) is 0 Å². The van der Waals surface area contributed by atoms with E-state index in [1.807, 2.05) is 97.1 Å². The van der Waals surface area contributed by atoms with Gasteiger partial charge in [0.2, 0.25) is 0 Å². The van der Waals surface area contributed by atoms with E-state index in [0.717, 1.165) is 65.3 Å². The van der Waals surface area contributed by atoms with Crippen LogP contribution in [0.4, 0.5) is 0 Å². The Kier molecular flexibility index (Phi) is 5.40. The molecule has 0 aliphatic rings. The zero-order valence-electron chi connectivity index (χ0n) is 34.4. The minimum atomic E-state index is -0.394. The van der Waals surface area contributed by atoms with Gasteiger partial charge in [0, 0.05) is 10.8 Å². The highest BCUT2D eigenvalue weighted by atomic mass is 16.3. The van der Waals surface area contributed by atoms with Gasteiger partial charge in [-0.1, -0.05) is 176 Å². The van der Waals surface area contributed by atoms with Crippen LogP contribution in [-0.2, 0) is 0 Å². The Morgan fingerprint density at radius 1 is 0.340 bits per heavy atom. The molecule has 53 heavy (non-hydrogen) atoms. The van der Waals surface area contributed by atoms with Crippen LogP contribution >= 0.6 is 0 Å². The first-order valence-corrected chi connectivity index (χ1v) is 17.8. The number of furan rings is 1. The molecular formula is C52H32O. The number of benzene rings is 10. The molecule has 1 heterocycles. The summed E-state index contributed by atoms with van der Waals surface area (Å²) in [5.41, 5.74) is 7.25. The predicted octanol–water partition coefficient (Wildman–Crippen LogP) is 14.9. The van der Waals surface area contributed by atoms with E-state index in [0.29, 0.717) is 27.9 Å². The third-order valence-electron chi connectivity index (χ3n) is 10.6. The van der Waals surface area contributed by atoms with Crippen molar-refractivity contribution in [1.82, 2.24) is 0 Å². The molecule has 0 bridgehead atoms. The lowest BCUT2D eigenvalue weighted by molar-refractivity contribution is 0.669. The Bertz CT molecular complexity index is 3510. The first-order valence-electron chi connectivity index (χ1n) is 20.8. The second-order valence-electron chi connectivity index (χ2n) is 13.5. The molecule has 1 aromatic heterocycles. The Morgan fingerprint density at radius 2 is 0.925 bits per heavy atom. The van der Waals surface area contributed by atoms with Crippen LogP contribution in [0.15, 0.2) is 198 Å². The standard InChI is InChI=1S/C52H32O/c1-2-15-34(16-3-1)50-42-21-8-10-23-44(42)51(45-24-11-9-22-43(45)50)46-30-29-37(38-19-6-7-20-40(38)46)35-28-31-48-47(32-35)52-41(26-13-27-49(52)53-48)39-25-12-17-33-14-4-5-18-36(33)39/h1-32H/i6D,7D,19D,20D,29D,30D. The third-order valence-corrected chi connectivity index (χ3v) is 10.6. The maximum Gasteiger partial charge on any atom is 0.136 e. The van der Waals surface area contributed by atoms with E-state index in [1.165, 1.54) is 0 Å². The molecular weight excluding hydrogens is 641 g/mol. The Labute approximate surface area is 315 Å². The van der Waals surface area contributed by atoms with E-state index in [2.05, 4.69) is 60.7 Å². The quantitative estimate of drug-likeness (QED) is 0.169. The van der Waals surface area contributed by atoms with Crippen molar-refractivity contribution >= 4 is 65.0 Å². The molecule has 0 aliphatic heterocycles. The van der Waals surface area contributed by atoms with E-state index in [1.54, 1.807) is 0 Å². The minimum Gasteiger partial charge on any atom is -0.456 e. The molecule has 0 unspecified atom stereocenters. The number of hydrogen-bond acceptors (Lipinski definition) is 1. The lowest BCUT2D eigenvalue weighted by atomic mass is 9.84. The second kappa shape index (κ2) is 11.8. The van der Waals surface area contributed by atoms with E-state index in [9.17, 15) is 5.48 Å². The van der Waals surface area contributed by atoms with Crippen LogP contribution in [0.2, 0.25) is 0 Å². The Morgan fingerprint density at radius 3 is 1.68 bits per heavy atom. The maximum absolute atomic E-state index is 9.89. The summed E-state index contributed by atoms with van der Waals surface area (Å²) in [7, 11) is 0. The summed E-state index contributed by atoms with van der Waals surface area (Å²) in [6, 6.07) is 50.8. The van der Waals surface area contributed by atoms with Crippen LogP contribution in [0.25, 0.3) is 110 Å². The summed E-state index contributed by atoms with van der Waals surface area (Å²) in [4.78, 5) is 0. The van der Waals surface area contributed by atoms with E-state index in [4.69, 9.17) is 7.16 Å². The summed E-state index contributed by atoms with van der Waals surface area (Å²) >= 11 is 0. The average molecular weight is 679 g/mol. The van der Waals surface area contributed by atoms with Crippen molar-refractivity contribution < 1.29 is 12.6 Å². The van der Waals surface area contributed by atoms with Crippen molar-refractivity contribution in [1.29, 1.82) is 0 Å². The zero-order chi connectivity index (χ0) is 40.1. The number of fused-ring (bicyclic) bond motifs is 7. The molecule has 0 saturated heterocycles. The highest BCUT2D eigenvalue weighted by molar-refractivity contribution is 6.24. The molecule has 1 heteroatoms. The summed E-state index contributed by atoms with van der Waals surface area (Å²) in [5, 5.41) is 7.88. The van der Waals surface area contributed by atoms with Gasteiger partial charge in [0.05, 0.1) is 8.22 Å². The molecule has 246 valence electrons. The fourth-order valence-corrected chi connectivity index (χ4v) is 8.32. The molecule has 11 rings (SSSR count). The Hall–Kier alpha value is -6.96. The first-order chi connectivity index (χ1) is 28.8. The molecule has 0 atom stereocenters. The molecule has 0 aliphatic carbocycles. The largest absolute Gasteiger partial charge is 0.456 e. The summed E-state index contributed by atoms with van der Waals surface area (Å²) in [6.07, 6.45) is 0. The number of hydrogen-bond donors (Lipinski definition) is 0. The van der Waals surface area contributed by atoms with Crippen molar-refractivity contribution in [3.8, 4) is 44.5 Å². The third kappa shape index (κ3) is 4.58. The molecule has 0 radical (unpaired) electrons. The van der Waals surface area contributed by atoms with Gasteiger partial charge in [0.15, 0.2) is 0 Å². The topological polar surface area (TPSA) is 13.1 Å². The molecule has 1 nitrogen and oxygen atoms in total. The lowest BCUT2D eigenvalue weighted by Gasteiger charge is -2.19. The van der Waals surface area contributed by atoms with Crippen molar-refractivity contribution in [2.45, 2.75) is 0 Å². The number of rotatable bonds is 4. The van der Waals surface area contributed by atoms with Gasteiger partial charge in [-0.25, -0.2) is 0 Å². The second-order valence-corrected chi connectivity index (χ2v) is 13.5. The smallest absolute Gasteiger partial charge is 0.136 e. The van der Waals surface area contributed by atoms with Gasteiger partial charge in [0.25, 0.3) is 0 Å². The normalized spacial score (nSPS) is 13.4. The van der Waals surface area contributed by atoms with Crippen LogP contribution in [0.5, 0.6) is 0 Å². The monoisotopic (exact) mass is 678 g/mol. The van der Waals surface area contributed by atoms with Gasteiger partial charge in [-0.2, -0.15) is 0 Å². The van der Waals surface area contributed by atoms with Crippen molar-refractivity contribution in [3.63, 3.8) is 0 Å².